The van der Waals surface area contributed by atoms with E-state index in [0.717, 1.165) is 35.6 Å². The van der Waals surface area contributed by atoms with Crippen molar-refractivity contribution in [3.8, 4) is 0 Å². The van der Waals surface area contributed by atoms with Gasteiger partial charge in [0.15, 0.2) is 0 Å². The topological polar surface area (TPSA) is 41.0 Å². The van der Waals surface area contributed by atoms with Crippen LogP contribution in [0.5, 0.6) is 0 Å². The van der Waals surface area contributed by atoms with Crippen LogP contribution in [-0.2, 0) is 0 Å². The van der Waals surface area contributed by atoms with Gasteiger partial charge in [-0.1, -0.05) is 25.1 Å². The first kappa shape index (κ1) is 12.4. The minimum absolute atomic E-state index is 0.742. The fourth-order valence-electron chi connectivity index (χ4n) is 2.77. The average molecular weight is 256 g/mol. The van der Waals surface area contributed by atoms with Gasteiger partial charge < -0.3 is 10.2 Å². The van der Waals surface area contributed by atoms with Crippen LogP contribution >= 0.6 is 0 Å². The predicted molar refractivity (Wildman–Crippen MR) is 78.2 cm³/mol. The number of benzene rings is 1. The molecule has 3 rings (SSSR count). The van der Waals surface area contributed by atoms with Crippen molar-refractivity contribution in [1.29, 1.82) is 0 Å². The summed E-state index contributed by atoms with van der Waals surface area (Å²) in [5, 5.41) is 12.9. The number of hydrogen-bond donors (Lipinski definition) is 1. The number of rotatable bonds is 4. The highest BCUT2D eigenvalue weighted by Gasteiger charge is 2.20. The lowest BCUT2D eigenvalue weighted by Gasteiger charge is -2.15. The van der Waals surface area contributed by atoms with Gasteiger partial charge in [-0.25, -0.2) is 0 Å². The molecule has 1 fully saturated rings. The summed E-state index contributed by atoms with van der Waals surface area (Å²) in [6, 6.07) is 8.14. The molecule has 2 aromatic rings. The normalized spacial score (nSPS) is 19.9. The van der Waals surface area contributed by atoms with Gasteiger partial charge in [-0.15, -0.1) is 0 Å². The van der Waals surface area contributed by atoms with Crippen molar-refractivity contribution < 1.29 is 0 Å². The molecule has 1 aromatic carbocycles. The molecule has 19 heavy (non-hydrogen) atoms. The Bertz CT molecular complexity index is 549. The first-order valence-electron chi connectivity index (χ1n) is 7.03. The van der Waals surface area contributed by atoms with Crippen LogP contribution in [0.2, 0.25) is 0 Å². The largest absolute Gasteiger partial charge is 0.383 e. The summed E-state index contributed by atoms with van der Waals surface area (Å²) < 4.78 is 0. The summed E-state index contributed by atoms with van der Waals surface area (Å²) >= 11 is 0. The molecule has 1 aliphatic rings. The van der Waals surface area contributed by atoms with Gasteiger partial charge in [0, 0.05) is 18.5 Å². The zero-order valence-corrected chi connectivity index (χ0v) is 11.3. The second kappa shape index (κ2) is 5.53. The van der Waals surface area contributed by atoms with Crippen LogP contribution in [0, 0.1) is 5.92 Å². The minimum atomic E-state index is 0.742. The lowest BCUT2D eigenvalue weighted by Crippen LogP contribution is -2.22. The molecule has 0 aliphatic carbocycles. The lowest BCUT2D eigenvalue weighted by molar-refractivity contribution is 0.345. The van der Waals surface area contributed by atoms with Crippen LogP contribution < -0.4 is 5.32 Å². The zero-order valence-electron chi connectivity index (χ0n) is 11.3. The van der Waals surface area contributed by atoms with E-state index in [9.17, 15) is 0 Å². The summed E-state index contributed by atoms with van der Waals surface area (Å²) in [5.74, 6) is 0.742. The highest BCUT2D eigenvalue weighted by atomic mass is 15.1. The fraction of sp³-hybridized carbons (Fsp3) is 0.467. The molecule has 2 heterocycles. The summed E-state index contributed by atoms with van der Waals surface area (Å²) in [6.45, 7) is 6.86. The van der Waals surface area contributed by atoms with Crippen molar-refractivity contribution in [2.24, 2.45) is 5.92 Å². The van der Waals surface area contributed by atoms with Crippen molar-refractivity contribution >= 4 is 16.6 Å². The van der Waals surface area contributed by atoms with Crippen molar-refractivity contribution in [3.05, 3.63) is 30.5 Å². The summed E-state index contributed by atoms with van der Waals surface area (Å²) in [7, 11) is 0. The van der Waals surface area contributed by atoms with Gasteiger partial charge in [0.2, 0.25) is 0 Å². The Hall–Kier alpha value is -1.68. The average Bonchev–Trinajstić information content (AvgIpc) is 2.93. The molecule has 0 spiro atoms. The van der Waals surface area contributed by atoms with E-state index < -0.39 is 0 Å². The maximum atomic E-state index is 4.15. The summed E-state index contributed by atoms with van der Waals surface area (Å²) in [6.07, 6.45) is 3.12. The third kappa shape index (κ3) is 2.68. The van der Waals surface area contributed by atoms with E-state index in [4.69, 9.17) is 0 Å². The first-order chi connectivity index (χ1) is 9.36. The third-order valence-electron chi connectivity index (χ3n) is 3.94. The van der Waals surface area contributed by atoms with E-state index in [1.165, 1.54) is 19.5 Å². The Morgan fingerprint density at radius 2 is 2.26 bits per heavy atom. The Balaban J connectivity index is 1.69. The Morgan fingerprint density at radius 1 is 1.37 bits per heavy atom. The molecule has 0 radical (unpaired) electrons. The number of fused-ring (bicyclic) bond motifs is 1. The number of nitrogens with zero attached hydrogens (tertiary/aromatic N) is 3. The summed E-state index contributed by atoms with van der Waals surface area (Å²) in [5.41, 5.74) is 2.05. The van der Waals surface area contributed by atoms with Gasteiger partial charge in [0.05, 0.1) is 17.4 Å². The van der Waals surface area contributed by atoms with Crippen LogP contribution in [-0.4, -0.2) is 41.3 Å². The predicted octanol–water partition coefficient (Wildman–Crippen LogP) is 2.38. The fourth-order valence-corrected chi connectivity index (χ4v) is 2.77. The van der Waals surface area contributed by atoms with Crippen LogP contribution in [0.3, 0.4) is 0 Å². The minimum Gasteiger partial charge on any atom is -0.383 e. The molecule has 1 saturated heterocycles. The summed E-state index contributed by atoms with van der Waals surface area (Å²) in [4.78, 5) is 2.51. The van der Waals surface area contributed by atoms with E-state index >= 15 is 0 Å². The van der Waals surface area contributed by atoms with Gasteiger partial charge in [-0.2, -0.15) is 10.2 Å². The van der Waals surface area contributed by atoms with E-state index in [0.29, 0.717) is 0 Å². The van der Waals surface area contributed by atoms with E-state index in [2.05, 4.69) is 33.4 Å². The number of hydrogen-bond acceptors (Lipinski definition) is 4. The Labute approximate surface area is 113 Å². The molecule has 0 bridgehead atoms. The molecular weight excluding hydrogens is 236 g/mol. The van der Waals surface area contributed by atoms with E-state index in [-0.39, 0.29) is 0 Å². The molecule has 1 aromatic heterocycles. The SMILES string of the molecule is CCN1CCC(CNc2cnnc3ccccc23)C1. The van der Waals surface area contributed by atoms with Crippen molar-refractivity contribution in [2.45, 2.75) is 13.3 Å². The second-order valence-electron chi connectivity index (χ2n) is 5.20. The number of nitrogens with one attached hydrogen (secondary N) is 1. The van der Waals surface area contributed by atoms with E-state index in [1.54, 1.807) is 0 Å². The van der Waals surface area contributed by atoms with Crippen molar-refractivity contribution in [2.75, 3.05) is 31.5 Å². The molecule has 1 aliphatic heterocycles. The van der Waals surface area contributed by atoms with Crippen molar-refractivity contribution in [1.82, 2.24) is 15.1 Å². The van der Waals surface area contributed by atoms with Gasteiger partial charge in [-0.3, -0.25) is 0 Å². The standard InChI is InChI=1S/C15H20N4/c1-2-19-8-7-12(11-19)9-16-15-10-17-18-14-6-4-3-5-13(14)15/h3-6,10,12H,2,7-9,11H2,1H3,(H,16,18). The van der Waals surface area contributed by atoms with Gasteiger partial charge in [-0.05, 0) is 31.5 Å². The van der Waals surface area contributed by atoms with Gasteiger partial charge in [0.25, 0.3) is 0 Å². The van der Waals surface area contributed by atoms with Crippen LogP contribution in [0.25, 0.3) is 10.9 Å². The highest BCUT2D eigenvalue weighted by Crippen LogP contribution is 2.22. The molecule has 1 unspecified atom stereocenters. The molecule has 1 atom stereocenters. The van der Waals surface area contributed by atoms with Crippen LogP contribution in [0.15, 0.2) is 30.5 Å². The molecule has 4 nitrogen and oxygen atoms in total. The number of anilines is 1. The highest BCUT2D eigenvalue weighted by molar-refractivity contribution is 5.90. The molecule has 1 N–H and O–H groups in total. The molecule has 100 valence electrons. The molecule has 0 amide bonds. The number of aromatic nitrogens is 2. The van der Waals surface area contributed by atoms with Crippen molar-refractivity contribution in [3.63, 3.8) is 0 Å². The van der Waals surface area contributed by atoms with E-state index in [1.807, 2.05) is 24.4 Å². The smallest absolute Gasteiger partial charge is 0.0950 e. The first-order valence-corrected chi connectivity index (χ1v) is 7.03. The third-order valence-corrected chi connectivity index (χ3v) is 3.94. The molecule has 4 heteroatoms. The zero-order chi connectivity index (χ0) is 13.1. The monoisotopic (exact) mass is 256 g/mol. The van der Waals surface area contributed by atoms with Crippen LogP contribution in [0.1, 0.15) is 13.3 Å². The Kier molecular flexibility index (Phi) is 3.60. The maximum Gasteiger partial charge on any atom is 0.0950 e. The second-order valence-corrected chi connectivity index (χ2v) is 5.20. The molecular formula is C15H20N4. The quantitative estimate of drug-likeness (QED) is 0.912. The van der Waals surface area contributed by atoms with Crippen LogP contribution in [0.4, 0.5) is 5.69 Å². The number of likely N-dealkylation sites (tertiary alicyclic amines) is 1. The van der Waals surface area contributed by atoms with Gasteiger partial charge >= 0.3 is 0 Å². The van der Waals surface area contributed by atoms with Gasteiger partial charge in [0.1, 0.15) is 0 Å². The maximum absolute atomic E-state index is 4.15. The Morgan fingerprint density at radius 3 is 3.11 bits per heavy atom. The molecule has 0 saturated carbocycles. The lowest BCUT2D eigenvalue weighted by atomic mass is 10.1.